The van der Waals surface area contributed by atoms with E-state index in [0.29, 0.717) is 5.75 Å². The molecule has 0 aromatic heterocycles. The summed E-state index contributed by atoms with van der Waals surface area (Å²) < 4.78 is 27.3. The van der Waals surface area contributed by atoms with E-state index in [9.17, 15) is 4.79 Å². The molecule has 0 amide bonds. The predicted octanol–water partition coefficient (Wildman–Crippen LogP) is 1.55. The molecule has 1 aromatic rings. The minimum Gasteiger partial charge on any atom is -0.476 e. The van der Waals surface area contributed by atoms with Gasteiger partial charge in [0.15, 0.2) is 0 Å². The van der Waals surface area contributed by atoms with Gasteiger partial charge in [0.25, 0.3) is 0 Å². The molecule has 132 valence electrons. The van der Waals surface area contributed by atoms with Crippen LogP contribution in [0.4, 0.5) is 0 Å². The fraction of sp³-hybridized carbons (Fsp3) is 0.588. The van der Waals surface area contributed by atoms with Gasteiger partial charge < -0.3 is 23.5 Å². The van der Waals surface area contributed by atoms with Gasteiger partial charge in [-0.1, -0.05) is 12.1 Å². The lowest BCUT2D eigenvalue weighted by atomic mass is 9.79. The largest absolute Gasteiger partial charge is 0.494 e. The van der Waals surface area contributed by atoms with E-state index in [1.807, 2.05) is 39.8 Å². The van der Waals surface area contributed by atoms with Crippen molar-refractivity contribution < 1.29 is 28.3 Å². The van der Waals surface area contributed by atoms with Crippen LogP contribution in [-0.4, -0.2) is 51.2 Å². The fourth-order valence-corrected chi connectivity index (χ4v) is 2.28. The maximum absolute atomic E-state index is 11.7. The van der Waals surface area contributed by atoms with Gasteiger partial charge in [-0.2, -0.15) is 0 Å². The van der Waals surface area contributed by atoms with E-state index < -0.39 is 19.2 Å². The standard InChI is InChI=1S/C17H25BO6/c1-16(2)17(3,4)24-18(23-16)12-7-9-13(10-8-12)22-14(11-20-5)15(19)21-6/h7-10,14H,11H2,1-6H3. The van der Waals surface area contributed by atoms with E-state index in [0.717, 1.165) is 5.46 Å². The lowest BCUT2D eigenvalue weighted by Gasteiger charge is -2.32. The minimum atomic E-state index is -0.803. The molecule has 1 atom stereocenters. The fourth-order valence-electron chi connectivity index (χ4n) is 2.28. The molecule has 1 unspecified atom stereocenters. The van der Waals surface area contributed by atoms with Gasteiger partial charge in [0.2, 0.25) is 6.10 Å². The molecule has 1 fully saturated rings. The average molecular weight is 336 g/mol. The molecule has 0 aliphatic carbocycles. The first-order chi connectivity index (χ1) is 11.2. The van der Waals surface area contributed by atoms with E-state index >= 15 is 0 Å². The second kappa shape index (κ2) is 7.13. The van der Waals surface area contributed by atoms with Gasteiger partial charge >= 0.3 is 13.1 Å². The molecule has 0 bridgehead atoms. The Morgan fingerprint density at radius 2 is 1.62 bits per heavy atom. The third kappa shape index (κ3) is 3.91. The van der Waals surface area contributed by atoms with Crippen molar-refractivity contribution >= 4 is 18.6 Å². The molecule has 0 radical (unpaired) electrons. The normalized spacial score (nSPS) is 19.8. The Bertz CT molecular complexity index is 553. The van der Waals surface area contributed by atoms with Crippen molar-refractivity contribution in [2.24, 2.45) is 0 Å². The first kappa shape index (κ1) is 18.8. The molecule has 0 N–H and O–H groups in total. The second-order valence-electron chi connectivity index (χ2n) is 6.74. The topological polar surface area (TPSA) is 63.2 Å². The van der Waals surface area contributed by atoms with Gasteiger partial charge in [-0.25, -0.2) is 4.79 Å². The van der Waals surface area contributed by atoms with Crippen LogP contribution in [0.2, 0.25) is 0 Å². The van der Waals surface area contributed by atoms with Crippen LogP contribution in [-0.2, 0) is 23.6 Å². The zero-order valence-corrected chi connectivity index (χ0v) is 15.1. The summed E-state index contributed by atoms with van der Waals surface area (Å²) in [6, 6.07) is 7.26. The lowest BCUT2D eigenvalue weighted by Crippen LogP contribution is -2.41. The Kier molecular flexibility index (Phi) is 5.57. The van der Waals surface area contributed by atoms with Crippen LogP contribution >= 0.6 is 0 Å². The van der Waals surface area contributed by atoms with E-state index in [-0.39, 0.29) is 17.8 Å². The highest BCUT2D eigenvalue weighted by molar-refractivity contribution is 6.62. The van der Waals surface area contributed by atoms with Crippen molar-refractivity contribution in [2.75, 3.05) is 20.8 Å². The van der Waals surface area contributed by atoms with Crippen molar-refractivity contribution in [3.8, 4) is 5.75 Å². The van der Waals surface area contributed by atoms with Crippen LogP contribution in [0.5, 0.6) is 5.75 Å². The van der Waals surface area contributed by atoms with Gasteiger partial charge in [-0.3, -0.25) is 0 Å². The second-order valence-corrected chi connectivity index (χ2v) is 6.74. The van der Waals surface area contributed by atoms with Crippen LogP contribution in [0.1, 0.15) is 27.7 Å². The van der Waals surface area contributed by atoms with E-state index in [4.69, 9.17) is 23.5 Å². The number of hydrogen-bond donors (Lipinski definition) is 0. The number of carbonyl (C=O) groups is 1. The predicted molar refractivity (Wildman–Crippen MR) is 90.5 cm³/mol. The Hall–Kier alpha value is -1.57. The molecule has 1 aliphatic rings. The minimum absolute atomic E-state index is 0.117. The summed E-state index contributed by atoms with van der Waals surface area (Å²) in [6.45, 7) is 8.16. The van der Waals surface area contributed by atoms with Crippen LogP contribution in [0.3, 0.4) is 0 Å². The number of rotatable bonds is 6. The molecule has 0 saturated carbocycles. The number of ether oxygens (including phenoxy) is 3. The zero-order valence-electron chi connectivity index (χ0n) is 15.1. The maximum atomic E-state index is 11.7. The monoisotopic (exact) mass is 336 g/mol. The van der Waals surface area contributed by atoms with E-state index in [1.165, 1.54) is 14.2 Å². The summed E-state index contributed by atoms with van der Waals surface area (Å²) >= 11 is 0. The SMILES string of the molecule is COCC(Oc1ccc(B2OC(C)(C)C(C)(C)O2)cc1)C(=O)OC. The highest BCUT2D eigenvalue weighted by Crippen LogP contribution is 2.36. The molecule has 1 saturated heterocycles. The summed E-state index contributed by atoms with van der Waals surface area (Å²) in [5.41, 5.74) is 0.116. The Morgan fingerprint density at radius 3 is 2.08 bits per heavy atom. The van der Waals surface area contributed by atoms with Crippen molar-refractivity contribution in [1.29, 1.82) is 0 Å². The van der Waals surface area contributed by atoms with E-state index in [1.54, 1.807) is 12.1 Å². The summed E-state index contributed by atoms with van der Waals surface area (Å²) in [6.07, 6.45) is -0.803. The number of esters is 1. The van der Waals surface area contributed by atoms with Crippen molar-refractivity contribution in [2.45, 2.75) is 45.0 Å². The van der Waals surface area contributed by atoms with Crippen LogP contribution in [0.25, 0.3) is 0 Å². The molecule has 0 spiro atoms. The highest BCUT2D eigenvalue weighted by Gasteiger charge is 2.51. The molecule has 1 aliphatic heterocycles. The Balaban J connectivity index is 2.07. The van der Waals surface area contributed by atoms with Gasteiger partial charge in [-0.15, -0.1) is 0 Å². The number of hydrogen-bond acceptors (Lipinski definition) is 6. The first-order valence-electron chi connectivity index (χ1n) is 7.89. The van der Waals surface area contributed by atoms with Gasteiger partial charge in [0.05, 0.1) is 24.9 Å². The van der Waals surface area contributed by atoms with Gasteiger partial charge in [-0.05, 0) is 45.3 Å². The highest BCUT2D eigenvalue weighted by atomic mass is 16.7. The third-order valence-corrected chi connectivity index (χ3v) is 4.47. The van der Waals surface area contributed by atoms with E-state index in [2.05, 4.69) is 0 Å². The van der Waals surface area contributed by atoms with Gasteiger partial charge in [0, 0.05) is 7.11 Å². The zero-order chi connectivity index (χ0) is 18.0. The van der Waals surface area contributed by atoms with Crippen LogP contribution in [0.15, 0.2) is 24.3 Å². The van der Waals surface area contributed by atoms with Crippen molar-refractivity contribution in [1.82, 2.24) is 0 Å². The Morgan fingerprint density at radius 1 is 1.08 bits per heavy atom. The molecule has 1 aromatic carbocycles. The molecule has 6 nitrogen and oxygen atoms in total. The summed E-state index contributed by atoms with van der Waals surface area (Å²) in [7, 11) is 2.38. The summed E-state index contributed by atoms with van der Waals surface area (Å²) in [5, 5.41) is 0. The van der Waals surface area contributed by atoms with Crippen LogP contribution in [0, 0.1) is 0 Å². The summed E-state index contributed by atoms with van der Waals surface area (Å²) in [5.74, 6) is 0.0644. The quantitative estimate of drug-likeness (QED) is 0.580. The molecular weight excluding hydrogens is 311 g/mol. The number of benzene rings is 1. The van der Waals surface area contributed by atoms with Crippen LogP contribution < -0.4 is 10.2 Å². The maximum Gasteiger partial charge on any atom is 0.494 e. The summed E-state index contributed by atoms with van der Waals surface area (Å²) in [4.78, 5) is 11.7. The third-order valence-electron chi connectivity index (χ3n) is 4.47. The smallest absolute Gasteiger partial charge is 0.476 e. The average Bonchev–Trinajstić information content (AvgIpc) is 2.75. The Labute approximate surface area is 143 Å². The molecule has 24 heavy (non-hydrogen) atoms. The lowest BCUT2D eigenvalue weighted by molar-refractivity contribution is -0.151. The molecular formula is C17H25BO6. The van der Waals surface area contributed by atoms with Crippen molar-refractivity contribution in [3.63, 3.8) is 0 Å². The molecule has 2 rings (SSSR count). The van der Waals surface area contributed by atoms with Gasteiger partial charge in [0.1, 0.15) is 5.75 Å². The number of methoxy groups -OCH3 is 2. The van der Waals surface area contributed by atoms with Crippen molar-refractivity contribution in [3.05, 3.63) is 24.3 Å². The molecule has 7 heteroatoms. The number of carbonyl (C=O) groups excluding carboxylic acids is 1. The first-order valence-corrected chi connectivity index (χ1v) is 7.89. The molecule has 1 heterocycles.